The van der Waals surface area contributed by atoms with E-state index in [1.54, 1.807) is 0 Å². The number of carbonyl (C=O) groups excluding carboxylic acids is 1. The van der Waals surface area contributed by atoms with Crippen LogP contribution in [-0.4, -0.2) is 51.1 Å². The molecule has 0 fully saturated rings. The van der Waals surface area contributed by atoms with Gasteiger partial charge in [-0.05, 0) is 46.1 Å². The average Bonchev–Trinajstić information content (AvgIpc) is 2.39. The highest BCUT2D eigenvalue weighted by molar-refractivity contribution is 5.76. The Morgan fingerprint density at radius 3 is 2.55 bits per heavy atom. The van der Waals surface area contributed by atoms with Gasteiger partial charge in [-0.1, -0.05) is 30.3 Å². The summed E-state index contributed by atoms with van der Waals surface area (Å²) in [6.07, 6.45) is 2.33. The molecule has 0 aliphatic heterocycles. The molecule has 0 aromatic heterocycles. The Labute approximate surface area is 122 Å². The Hall–Kier alpha value is -1.39. The van der Waals surface area contributed by atoms with Gasteiger partial charge in [0.15, 0.2) is 0 Å². The average molecular weight is 277 g/mol. The van der Waals surface area contributed by atoms with Crippen molar-refractivity contribution in [2.45, 2.75) is 25.3 Å². The van der Waals surface area contributed by atoms with Crippen LogP contribution in [0.25, 0.3) is 0 Å². The van der Waals surface area contributed by atoms with Crippen LogP contribution in [-0.2, 0) is 11.2 Å². The maximum atomic E-state index is 11.9. The molecule has 112 valence electrons. The second-order valence-corrected chi connectivity index (χ2v) is 5.42. The van der Waals surface area contributed by atoms with Gasteiger partial charge in [0.05, 0.1) is 0 Å². The molecule has 4 nitrogen and oxygen atoms in total. The Morgan fingerprint density at radius 2 is 1.95 bits per heavy atom. The first-order valence-electron chi connectivity index (χ1n) is 7.24. The van der Waals surface area contributed by atoms with Crippen molar-refractivity contribution in [1.29, 1.82) is 0 Å². The van der Waals surface area contributed by atoms with Crippen LogP contribution < -0.4 is 10.6 Å². The quantitative estimate of drug-likeness (QED) is 0.668. The zero-order valence-corrected chi connectivity index (χ0v) is 12.9. The lowest BCUT2D eigenvalue weighted by Gasteiger charge is -2.22. The fourth-order valence-corrected chi connectivity index (χ4v) is 2.23. The number of benzene rings is 1. The molecule has 0 radical (unpaired) electrons. The van der Waals surface area contributed by atoms with E-state index in [1.807, 2.05) is 39.3 Å². The van der Waals surface area contributed by atoms with Gasteiger partial charge in [0.25, 0.3) is 0 Å². The lowest BCUT2D eigenvalue weighted by atomic mass is 10.1. The lowest BCUT2D eigenvalue weighted by Crippen LogP contribution is -2.43. The molecule has 0 saturated carbocycles. The van der Waals surface area contributed by atoms with Crippen LogP contribution in [0.5, 0.6) is 0 Å². The molecule has 0 heterocycles. The van der Waals surface area contributed by atoms with Gasteiger partial charge >= 0.3 is 0 Å². The number of nitrogens with zero attached hydrogens (tertiary/aromatic N) is 1. The van der Waals surface area contributed by atoms with Crippen molar-refractivity contribution in [3.8, 4) is 0 Å². The third kappa shape index (κ3) is 7.26. The molecule has 4 heteroatoms. The largest absolute Gasteiger partial charge is 0.352 e. The molecule has 0 aliphatic carbocycles. The molecule has 1 atom stereocenters. The molecule has 0 spiro atoms. The predicted molar refractivity (Wildman–Crippen MR) is 83.8 cm³/mol. The number of amides is 1. The van der Waals surface area contributed by atoms with Crippen molar-refractivity contribution in [3.05, 3.63) is 35.9 Å². The van der Waals surface area contributed by atoms with Gasteiger partial charge in [-0.25, -0.2) is 0 Å². The number of carbonyl (C=O) groups is 1. The first kappa shape index (κ1) is 16.7. The summed E-state index contributed by atoms with van der Waals surface area (Å²) in [6, 6.07) is 10.5. The molecular formula is C16H27N3O. The highest BCUT2D eigenvalue weighted by Crippen LogP contribution is 2.04. The number of hydrogen-bond acceptors (Lipinski definition) is 3. The first-order chi connectivity index (χ1) is 9.61. The zero-order chi connectivity index (χ0) is 14.8. The van der Waals surface area contributed by atoms with E-state index in [1.165, 1.54) is 5.56 Å². The highest BCUT2D eigenvalue weighted by atomic mass is 16.1. The molecule has 0 aliphatic rings. The second kappa shape index (κ2) is 9.50. The Morgan fingerprint density at radius 1 is 1.25 bits per heavy atom. The molecule has 0 saturated heterocycles. The van der Waals surface area contributed by atoms with Crippen molar-refractivity contribution in [1.82, 2.24) is 15.5 Å². The summed E-state index contributed by atoms with van der Waals surface area (Å²) in [4.78, 5) is 14.1. The second-order valence-electron chi connectivity index (χ2n) is 5.42. The van der Waals surface area contributed by atoms with Gasteiger partial charge in [0.2, 0.25) is 5.91 Å². The summed E-state index contributed by atoms with van der Waals surface area (Å²) in [5.41, 5.74) is 1.26. The van der Waals surface area contributed by atoms with Crippen LogP contribution >= 0.6 is 0 Å². The number of hydrogen-bond donors (Lipinski definition) is 2. The summed E-state index contributed by atoms with van der Waals surface area (Å²) in [5, 5.41) is 6.21. The lowest BCUT2D eigenvalue weighted by molar-refractivity contribution is -0.121. The van der Waals surface area contributed by atoms with Crippen LogP contribution in [0.1, 0.15) is 18.4 Å². The third-order valence-electron chi connectivity index (χ3n) is 3.11. The number of likely N-dealkylation sites (N-methyl/N-ethyl adjacent to an activating group) is 1. The van der Waals surface area contributed by atoms with Crippen molar-refractivity contribution in [2.24, 2.45) is 0 Å². The molecule has 1 rings (SSSR count). The first-order valence-corrected chi connectivity index (χ1v) is 7.24. The summed E-state index contributed by atoms with van der Waals surface area (Å²) in [7, 11) is 5.97. The molecule has 0 bridgehead atoms. The minimum Gasteiger partial charge on any atom is -0.352 e. The van der Waals surface area contributed by atoms with Crippen LogP contribution in [0.4, 0.5) is 0 Å². The fourth-order valence-electron chi connectivity index (χ4n) is 2.23. The Kier molecular flexibility index (Phi) is 7.92. The van der Waals surface area contributed by atoms with Crippen LogP contribution in [0, 0.1) is 0 Å². The van der Waals surface area contributed by atoms with Crippen molar-refractivity contribution in [2.75, 3.05) is 34.2 Å². The normalized spacial score (nSPS) is 12.4. The van der Waals surface area contributed by atoms with Gasteiger partial charge < -0.3 is 15.5 Å². The van der Waals surface area contributed by atoms with Crippen LogP contribution in [0.2, 0.25) is 0 Å². The van der Waals surface area contributed by atoms with E-state index < -0.39 is 0 Å². The van der Waals surface area contributed by atoms with Gasteiger partial charge in [-0.2, -0.15) is 0 Å². The highest BCUT2D eigenvalue weighted by Gasteiger charge is 2.13. The van der Waals surface area contributed by atoms with E-state index in [2.05, 4.69) is 27.7 Å². The van der Waals surface area contributed by atoms with Gasteiger partial charge in [-0.15, -0.1) is 0 Å². The number of nitrogens with one attached hydrogen (secondary N) is 2. The molecule has 20 heavy (non-hydrogen) atoms. The predicted octanol–water partition coefficient (Wildman–Crippen LogP) is 1.28. The van der Waals surface area contributed by atoms with E-state index in [-0.39, 0.29) is 11.9 Å². The molecule has 1 unspecified atom stereocenters. The van der Waals surface area contributed by atoms with E-state index in [0.717, 1.165) is 25.9 Å². The summed E-state index contributed by atoms with van der Waals surface area (Å²) < 4.78 is 0. The van der Waals surface area contributed by atoms with Crippen LogP contribution in [0.15, 0.2) is 30.3 Å². The molecule has 2 N–H and O–H groups in total. The summed E-state index contributed by atoms with van der Waals surface area (Å²) in [6.45, 7) is 1.73. The van der Waals surface area contributed by atoms with Crippen LogP contribution in [0.3, 0.4) is 0 Å². The van der Waals surface area contributed by atoms with Crippen molar-refractivity contribution >= 4 is 5.91 Å². The SMILES string of the molecule is CNCCCC(=O)NC(Cc1ccccc1)CN(C)C. The van der Waals surface area contributed by atoms with E-state index >= 15 is 0 Å². The topological polar surface area (TPSA) is 44.4 Å². The third-order valence-corrected chi connectivity index (χ3v) is 3.11. The van der Waals surface area contributed by atoms with Gasteiger partial charge in [0.1, 0.15) is 0 Å². The van der Waals surface area contributed by atoms with Crippen molar-refractivity contribution in [3.63, 3.8) is 0 Å². The standard InChI is InChI=1S/C16H27N3O/c1-17-11-7-10-16(20)18-15(13-19(2)3)12-14-8-5-4-6-9-14/h4-6,8-9,15,17H,7,10-13H2,1-3H3,(H,18,20). The molecule has 1 amide bonds. The minimum absolute atomic E-state index is 0.142. The maximum absolute atomic E-state index is 11.9. The Balaban J connectivity index is 2.49. The Bertz CT molecular complexity index is 379. The monoisotopic (exact) mass is 277 g/mol. The number of rotatable bonds is 9. The van der Waals surface area contributed by atoms with E-state index in [0.29, 0.717) is 6.42 Å². The molecule has 1 aromatic rings. The smallest absolute Gasteiger partial charge is 0.220 e. The maximum Gasteiger partial charge on any atom is 0.220 e. The molecular weight excluding hydrogens is 250 g/mol. The van der Waals surface area contributed by atoms with Gasteiger partial charge in [-0.3, -0.25) is 4.79 Å². The van der Waals surface area contributed by atoms with Crippen molar-refractivity contribution < 1.29 is 4.79 Å². The van der Waals surface area contributed by atoms with E-state index in [4.69, 9.17) is 0 Å². The summed E-state index contributed by atoms with van der Waals surface area (Å²) in [5.74, 6) is 0.142. The van der Waals surface area contributed by atoms with E-state index in [9.17, 15) is 4.79 Å². The fraction of sp³-hybridized carbons (Fsp3) is 0.562. The minimum atomic E-state index is 0.142. The summed E-state index contributed by atoms with van der Waals surface area (Å²) >= 11 is 0. The van der Waals surface area contributed by atoms with Gasteiger partial charge in [0, 0.05) is 19.0 Å². The zero-order valence-electron chi connectivity index (χ0n) is 12.9. The molecule has 1 aromatic carbocycles.